The van der Waals surface area contributed by atoms with E-state index in [4.69, 9.17) is 0 Å². The molecule has 2 N–H and O–H groups in total. The van der Waals surface area contributed by atoms with Gasteiger partial charge in [-0.1, -0.05) is 0 Å². The Morgan fingerprint density at radius 1 is 1.13 bits per heavy atom. The van der Waals surface area contributed by atoms with E-state index in [1.807, 2.05) is 26.2 Å². The molecule has 0 fully saturated rings. The Hall–Kier alpha value is -2.54. The molecular weight excluding hydrogens is 292 g/mol. The molecule has 0 atom stereocenters. The number of nitrogens with one attached hydrogen (secondary N) is 2. The van der Waals surface area contributed by atoms with Gasteiger partial charge in [0.05, 0.1) is 0 Å². The summed E-state index contributed by atoms with van der Waals surface area (Å²) >= 11 is 0. The first-order valence-electron chi connectivity index (χ1n) is 7.54. The van der Waals surface area contributed by atoms with Gasteiger partial charge in [0.25, 0.3) is 5.91 Å². The highest BCUT2D eigenvalue weighted by Gasteiger charge is 2.07. The molecule has 0 unspecified atom stereocenters. The zero-order valence-corrected chi connectivity index (χ0v) is 13.5. The molecule has 0 aliphatic carbocycles. The number of carbonyl (C=O) groups is 1. The van der Waals surface area contributed by atoms with Gasteiger partial charge in [-0.25, -0.2) is 0 Å². The van der Waals surface area contributed by atoms with E-state index < -0.39 is 0 Å². The zero-order chi connectivity index (χ0) is 16.5. The lowest BCUT2D eigenvalue weighted by Crippen LogP contribution is -2.28. The molecule has 0 aromatic carbocycles. The summed E-state index contributed by atoms with van der Waals surface area (Å²) in [5.41, 5.74) is 1.42. The van der Waals surface area contributed by atoms with Gasteiger partial charge < -0.3 is 15.5 Å². The van der Waals surface area contributed by atoms with E-state index in [0.717, 1.165) is 18.5 Å². The Labute approximate surface area is 136 Å². The van der Waals surface area contributed by atoms with Crippen LogP contribution in [-0.4, -0.2) is 53.2 Å². The predicted octanol–water partition coefficient (Wildman–Crippen LogP) is 1.17. The van der Waals surface area contributed by atoms with Crippen molar-refractivity contribution in [1.29, 1.82) is 0 Å². The van der Waals surface area contributed by atoms with E-state index >= 15 is 0 Å². The number of amides is 1. The highest BCUT2D eigenvalue weighted by atomic mass is 16.1. The van der Waals surface area contributed by atoms with Gasteiger partial charge in [-0.15, -0.1) is 10.2 Å². The number of aromatic nitrogens is 3. The molecule has 7 heteroatoms. The fraction of sp³-hybridized carbons (Fsp3) is 0.375. The van der Waals surface area contributed by atoms with Gasteiger partial charge in [0, 0.05) is 25.5 Å². The van der Waals surface area contributed by atoms with Crippen molar-refractivity contribution < 1.29 is 4.79 Å². The topological polar surface area (TPSA) is 83.0 Å². The molecule has 0 radical (unpaired) electrons. The van der Waals surface area contributed by atoms with Crippen LogP contribution in [0.3, 0.4) is 0 Å². The molecule has 2 heterocycles. The van der Waals surface area contributed by atoms with E-state index in [2.05, 4.69) is 30.7 Å². The molecule has 1 amide bonds. The number of carbonyl (C=O) groups excluding carboxylic acids is 1. The minimum Gasteiger partial charge on any atom is -0.365 e. The highest BCUT2D eigenvalue weighted by Crippen LogP contribution is 2.05. The van der Waals surface area contributed by atoms with Gasteiger partial charge >= 0.3 is 0 Å². The molecule has 2 rings (SSSR count). The van der Waals surface area contributed by atoms with Gasteiger partial charge in [0.15, 0.2) is 5.69 Å². The van der Waals surface area contributed by atoms with Gasteiger partial charge in [0.2, 0.25) is 0 Å². The third-order valence-corrected chi connectivity index (χ3v) is 3.19. The van der Waals surface area contributed by atoms with Crippen molar-refractivity contribution in [3.8, 4) is 0 Å². The van der Waals surface area contributed by atoms with Crippen LogP contribution in [-0.2, 0) is 6.54 Å². The van der Waals surface area contributed by atoms with Crippen molar-refractivity contribution >= 4 is 11.7 Å². The lowest BCUT2D eigenvalue weighted by Gasteiger charge is -2.09. The smallest absolute Gasteiger partial charge is 0.271 e. The Balaban J connectivity index is 1.78. The van der Waals surface area contributed by atoms with Crippen molar-refractivity contribution in [3.05, 3.63) is 47.9 Å². The van der Waals surface area contributed by atoms with Crippen LogP contribution >= 0.6 is 0 Å². The van der Waals surface area contributed by atoms with Gasteiger partial charge in [-0.2, -0.15) is 0 Å². The number of hydrogen-bond acceptors (Lipinski definition) is 6. The molecule has 0 aliphatic heterocycles. The summed E-state index contributed by atoms with van der Waals surface area (Å²) in [6.07, 6.45) is 4.39. The molecule has 2 aromatic rings. The highest BCUT2D eigenvalue weighted by molar-refractivity contribution is 5.92. The summed E-state index contributed by atoms with van der Waals surface area (Å²) in [5.74, 6) is 0.433. The van der Waals surface area contributed by atoms with Crippen LogP contribution in [0.5, 0.6) is 0 Å². The second-order valence-corrected chi connectivity index (χ2v) is 5.43. The van der Waals surface area contributed by atoms with Crippen molar-refractivity contribution in [2.75, 3.05) is 32.5 Å². The molecule has 0 bridgehead atoms. The largest absolute Gasteiger partial charge is 0.365 e. The fourth-order valence-corrected chi connectivity index (χ4v) is 1.93. The standard InChI is InChI=1S/C16H22N6O/c1-22(2)11-3-8-18-16(23)14-4-5-15(21-20-14)19-12-13-6-9-17-10-7-13/h4-7,9-10H,3,8,11-12H2,1-2H3,(H,18,23)(H,19,21). The Morgan fingerprint density at radius 2 is 1.91 bits per heavy atom. The molecule has 23 heavy (non-hydrogen) atoms. The van der Waals surface area contributed by atoms with Crippen molar-refractivity contribution in [2.24, 2.45) is 0 Å². The molecule has 2 aromatic heterocycles. The Bertz CT molecular complexity index is 600. The third-order valence-electron chi connectivity index (χ3n) is 3.19. The average molecular weight is 314 g/mol. The molecule has 0 saturated carbocycles. The van der Waals surface area contributed by atoms with Crippen LogP contribution in [0.1, 0.15) is 22.5 Å². The van der Waals surface area contributed by atoms with Crippen LogP contribution in [0, 0.1) is 0 Å². The normalized spacial score (nSPS) is 10.6. The summed E-state index contributed by atoms with van der Waals surface area (Å²) in [5, 5.41) is 14.0. The summed E-state index contributed by atoms with van der Waals surface area (Å²) in [6.45, 7) is 2.19. The van der Waals surface area contributed by atoms with Crippen LogP contribution in [0.25, 0.3) is 0 Å². The first kappa shape index (κ1) is 16.8. The number of pyridine rings is 1. The molecule has 7 nitrogen and oxygen atoms in total. The van der Waals surface area contributed by atoms with Crippen LogP contribution in [0.2, 0.25) is 0 Å². The summed E-state index contributed by atoms with van der Waals surface area (Å²) < 4.78 is 0. The molecule has 0 spiro atoms. The number of rotatable bonds is 8. The SMILES string of the molecule is CN(C)CCCNC(=O)c1ccc(NCc2ccncc2)nn1. The van der Waals surface area contributed by atoms with Crippen LogP contribution < -0.4 is 10.6 Å². The van der Waals surface area contributed by atoms with E-state index in [1.165, 1.54) is 0 Å². The van der Waals surface area contributed by atoms with Crippen molar-refractivity contribution in [1.82, 2.24) is 25.4 Å². The minimum atomic E-state index is -0.197. The van der Waals surface area contributed by atoms with E-state index in [-0.39, 0.29) is 5.91 Å². The zero-order valence-electron chi connectivity index (χ0n) is 13.5. The number of hydrogen-bond donors (Lipinski definition) is 2. The van der Waals surface area contributed by atoms with Crippen LogP contribution in [0.4, 0.5) is 5.82 Å². The predicted molar refractivity (Wildman–Crippen MR) is 89.1 cm³/mol. The molecule has 0 aliphatic rings. The van der Waals surface area contributed by atoms with Gasteiger partial charge in [0.1, 0.15) is 5.82 Å². The monoisotopic (exact) mass is 314 g/mol. The minimum absolute atomic E-state index is 0.197. The summed E-state index contributed by atoms with van der Waals surface area (Å²) in [4.78, 5) is 18.0. The number of anilines is 1. The first-order valence-corrected chi connectivity index (χ1v) is 7.54. The Morgan fingerprint density at radius 3 is 2.57 bits per heavy atom. The molecular formula is C16H22N6O. The number of nitrogens with zero attached hydrogens (tertiary/aromatic N) is 4. The first-order chi connectivity index (χ1) is 11.1. The maximum Gasteiger partial charge on any atom is 0.271 e. The van der Waals surface area contributed by atoms with Crippen molar-refractivity contribution in [3.63, 3.8) is 0 Å². The van der Waals surface area contributed by atoms with E-state index in [0.29, 0.717) is 24.6 Å². The van der Waals surface area contributed by atoms with E-state index in [9.17, 15) is 4.79 Å². The lowest BCUT2D eigenvalue weighted by molar-refractivity contribution is 0.0946. The van der Waals surface area contributed by atoms with Gasteiger partial charge in [-0.3, -0.25) is 9.78 Å². The van der Waals surface area contributed by atoms with Gasteiger partial charge in [-0.05, 0) is 56.9 Å². The van der Waals surface area contributed by atoms with Crippen molar-refractivity contribution in [2.45, 2.75) is 13.0 Å². The Kier molecular flexibility index (Phi) is 6.43. The molecule has 122 valence electrons. The second-order valence-electron chi connectivity index (χ2n) is 5.43. The average Bonchev–Trinajstić information content (AvgIpc) is 2.58. The fourth-order valence-electron chi connectivity index (χ4n) is 1.93. The maximum atomic E-state index is 11.9. The van der Waals surface area contributed by atoms with E-state index in [1.54, 1.807) is 24.5 Å². The maximum absolute atomic E-state index is 11.9. The summed E-state index contributed by atoms with van der Waals surface area (Å²) in [7, 11) is 4.01. The van der Waals surface area contributed by atoms with Crippen LogP contribution in [0.15, 0.2) is 36.7 Å². The quantitative estimate of drug-likeness (QED) is 0.712. The third kappa shape index (κ3) is 5.99. The second kappa shape index (κ2) is 8.79. The molecule has 0 saturated heterocycles. The lowest BCUT2D eigenvalue weighted by atomic mass is 10.3. The summed E-state index contributed by atoms with van der Waals surface area (Å²) in [6, 6.07) is 7.28.